The summed E-state index contributed by atoms with van der Waals surface area (Å²) in [6.07, 6.45) is 5.45. The first-order valence-electron chi connectivity index (χ1n) is 7.05. The van der Waals surface area contributed by atoms with E-state index >= 15 is 0 Å². The summed E-state index contributed by atoms with van der Waals surface area (Å²) in [5, 5.41) is 4.54. The first kappa shape index (κ1) is 13.5. The first-order chi connectivity index (χ1) is 10.1. The topological polar surface area (TPSA) is 87.4 Å². The van der Waals surface area contributed by atoms with Gasteiger partial charge in [-0.15, -0.1) is 0 Å². The zero-order chi connectivity index (χ0) is 15.0. The van der Waals surface area contributed by atoms with Gasteiger partial charge in [0.25, 0.3) is 0 Å². The molecule has 0 spiro atoms. The third-order valence-corrected chi connectivity index (χ3v) is 3.46. The Balaban J connectivity index is 2.05. The van der Waals surface area contributed by atoms with E-state index in [1.54, 1.807) is 12.4 Å². The third kappa shape index (κ3) is 2.35. The van der Waals surface area contributed by atoms with Crippen LogP contribution in [0.4, 0.5) is 5.95 Å². The van der Waals surface area contributed by atoms with Crippen LogP contribution >= 0.6 is 0 Å². The summed E-state index contributed by atoms with van der Waals surface area (Å²) in [5.74, 6) is 0.484. The van der Waals surface area contributed by atoms with E-state index < -0.39 is 0 Å². The Labute approximate surface area is 122 Å². The van der Waals surface area contributed by atoms with Crippen LogP contribution in [0.3, 0.4) is 0 Å². The number of aryl methyl sites for hydroxylation is 3. The number of anilines is 1. The molecule has 0 aliphatic rings. The van der Waals surface area contributed by atoms with Crippen molar-refractivity contribution in [1.29, 1.82) is 0 Å². The quantitative estimate of drug-likeness (QED) is 0.784. The fourth-order valence-electron chi connectivity index (χ4n) is 2.48. The van der Waals surface area contributed by atoms with Crippen LogP contribution in [0.5, 0.6) is 0 Å². The molecule has 3 rings (SSSR count). The maximum atomic E-state index is 6.07. The number of rotatable bonds is 4. The van der Waals surface area contributed by atoms with Gasteiger partial charge < -0.3 is 5.73 Å². The second kappa shape index (κ2) is 5.16. The molecule has 0 aliphatic heterocycles. The maximum Gasteiger partial charge on any atom is 0.202 e. The Morgan fingerprint density at radius 3 is 2.71 bits per heavy atom. The van der Waals surface area contributed by atoms with E-state index in [2.05, 4.69) is 27.0 Å². The zero-order valence-corrected chi connectivity index (χ0v) is 12.5. The van der Waals surface area contributed by atoms with Crippen LogP contribution < -0.4 is 5.73 Å². The van der Waals surface area contributed by atoms with E-state index in [1.165, 1.54) is 0 Å². The smallest absolute Gasteiger partial charge is 0.202 e. The van der Waals surface area contributed by atoms with Gasteiger partial charge in [0.05, 0.1) is 29.8 Å². The van der Waals surface area contributed by atoms with Crippen molar-refractivity contribution in [3.63, 3.8) is 0 Å². The van der Waals surface area contributed by atoms with Crippen LogP contribution in [0.15, 0.2) is 12.4 Å². The SMILES string of the molecule is CCCc1nn(C)c2c1nc(N)n2Cc1cnc(C)cn1. The minimum absolute atomic E-state index is 0.484. The van der Waals surface area contributed by atoms with Gasteiger partial charge in [-0.2, -0.15) is 5.10 Å². The fraction of sp³-hybridized carbons (Fsp3) is 0.429. The number of hydrogen-bond donors (Lipinski definition) is 1. The Hall–Kier alpha value is -2.44. The second-order valence-corrected chi connectivity index (χ2v) is 5.20. The Kier molecular flexibility index (Phi) is 3.32. The van der Waals surface area contributed by atoms with Gasteiger partial charge >= 0.3 is 0 Å². The molecular weight excluding hydrogens is 266 g/mol. The predicted molar refractivity (Wildman–Crippen MR) is 80.8 cm³/mol. The average molecular weight is 285 g/mol. The van der Waals surface area contributed by atoms with E-state index in [4.69, 9.17) is 5.73 Å². The highest BCUT2D eigenvalue weighted by molar-refractivity contribution is 5.77. The second-order valence-electron chi connectivity index (χ2n) is 5.20. The number of aromatic nitrogens is 6. The van der Waals surface area contributed by atoms with Crippen LogP contribution in [0.2, 0.25) is 0 Å². The molecule has 0 aromatic carbocycles. The Bertz CT molecular complexity index is 767. The highest BCUT2D eigenvalue weighted by Crippen LogP contribution is 2.22. The normalized spacial score (nSPS) is 11.4. The summed E-state index contributed by atoms with van der Waals surface area (Å²) in [6.45, 7) is 4.59. The summed E-state index contributed by atoms with van der Waals surface area (Å²) < 4.78 is 3.77. The van der Waals surface area contributed by atoms with Gasteiger partial charge in [0.2, 0.25) is 5.95 Å². The molecule has 7 nitrogen and oxygen atoms in total. The molecule has 0 fully saturated rings. The van der Waals surface area contributed by atoms with E-state index in [-0.39, 0.29) is 0 Å². The van der Waals surface area contributed by atoms with Crippen LogP contribution in [0.1, 0.15) is 30.4 Å². The maximum absolute atomic E-state index is 6.07. The average Bonchev–Trinajstić information content (AvgIpc) is 2.92. The van der Waals surface area contributed by atoms with Crippen LogP contribution in [0, 0.1) is 6.92 Å². The lowest BCUT2D eigenvalue weighted by atomic mass is 10.2. The number of nitrogens with two attached hydrogens (primary N) is 1. The summed E-state index contributed by atoms with van der Waals surface area (Å²) >= 11 is 0. The van der Waals surface area contributed by atoms with E-state index in [9.17, 15) is 0 Å². The number of fused-ring (bicyclic) bond motifs is 1. The van der Waals surface area contributed by atoms with Gasteiger partial charge in [-0.25, -0.2) is 4.98 Å². The van der Waals surface area contributed by atoms with Crippen molar-refractivity contribution in [1.82, 2.24) is 29.3 Å². The molecule has 0 saturated heterocycles. The third-order valence-electron chi connectivity index (χ3n) is 3.46. The van der Waals surface area contributed by atoms with Crippen molar-refractivity contribution >= 4 is 17.1 Å². The van der Waals surface area contributed by atoms with E-state index in [0.717, 1.165) is 41.1 Å². The van der Waals surface area contributed by atoms with E-state index in [0.29, 0.717) is 12.5 Å². The minimum atomic E-state index is 0.484. The molecule has 3 aromatic rings. The standard InChI is InChI=1S/C14H19N7/c1-4-5-11-12-13(20(3)19-11)21(14(15)18-12)8-10-7-16-9(2)6-17-10/h6-7H,4-5,8H2,1-3H3,(H2,15,18). The van der Waals surface area contributed by atoms with E-state index in [1.807, 2.05) is 23.2 Å². The largest absolute Gasteiger partial charge is 0.369 e. The summed E-state index contributed by atoms with van der Waals surface area (Å²) in [4.78, 5) is 13.1. The molecule has 2 N–H and O–H groups in total. The van der Waals surface area contributed by atoms with Crippen molar-refractivity contribution in [2.75, 3.05) is 5.73 Å². The Morgan fingerprint density at radius 2 is 2.05 bits per heavy atom. The fourth-order valence-corrected chi connectivity index (χ4v) is 2.48. The summed E-state index contributed by atoms with van der Waals surface area (Å²) in [5.41, 5.74) is 10.6. The molecular formula is C14H19N7. The minimum Gasteiger partial charge on any atom is -0.369 e. The highest BCUT2D eigenvalue weighted by Gasteiger charge is 2.17. The number of nitrogen functional groups attached to an aromatic ring is 1. The summed E-state index contributed by atoms with van der Waals surface area (Å²) in [7, 11) is 1.92. The van der Waals surface area contributed by atoms with Crippen molar-refractivity contribution in [2.45, 2.75) is 33.2 Å². The van der Waals surface area contributed by atoms with Crippen LogP contribution in [-0.4, -0.2) is 29.3 Å². The van der Waals surface area contributed by atoms with Crippen molar-refractivity contribution < 1.29 is 0 Å². The van der Waals surface area contributed by atoms with Gasteiger partial charge in [0, 0.05) is 13.2 Å². The molecule has 7 heteroatoms. The van der Waals surface area contributed by atoms with Crippen LogP contribution in [0.25, 0.3) is 11.2 Å². The van der Waals surface area contributed by atoms with Gasteiger partial charge in [0.1, 0.15) is 5.52 Å². The predicted octanol–water partition coefficient (Wildman–Crippen LogP) is 1.45. The molecule has 21 heavy (non-hydrogen) atoms. The van der Waals surface area contributed by atoms with Gasteiger partial charge in [-0.3, -0.25) is 19.2 Å². The van der Waals surface area contributed by atoms with Crippen molar-refractivity contribution in [2.24, 2.45) is 7.05 Å². The van der Waals surface area contributed by atoms with Crippen LogP contribution in [-0.2, 0) is 20.0 Å². The molecule has 0 saturated carbocycles. The Morgan fingerprint density at radius 1 is 1.24 bits per heavy atom. The lowest BCUT2D eigenvalue weighted by molar-refractivity contribution is 0.705. The van der Waals surface area contributed by atoms with Crippen molar-refractivity contribution in [3.05, 3.63) is 29.5 Å². The van der Waals surface area contributed by atoms with Gasteiger partial charge in [-0.05, 0) is 13.3 Å². The van der Waals surface area contributed by atoms with Gasteiger partial charge in [-0.1, -0.05) is 13.3 Å². The lowest BCUT2D eigenvalue weighted by Crippen LogP contribution is -2.09. The molecule has 0 atom stereocenters. The molecule has 0 unspecified atom stereocenters. The molecule has 0 aliphatic carbocycles. The summed E-state index contributed by atoms with van der Waals surface area (Å²) in [6, 6.07) is 0. The molecule has 0 bridgehead atoms. The number of imidazole rings is 1. The molecule has 3 aromatic heterocycles. The highest BCUT2D eigenvalue weighted by atomic mass is 15.3. The first-order valence-corrected chi connectivity index (χ1v) is 7.05. The molecule has 0 amide bonds. The number of nitrogens with zero attached hydrogens (tertiary/aromatic N) is 6. The monoisotopic (exact) mass is 285 g/mol. The molecule has 3 heterocycles. The van der Waals surface area contributed by atoms with Gasteiger partial charge in [0.15, 0.2) is 5.65 Å². The van der Waals surface area contributed by atoms with Crippen molar-refractivity contribution in [3.8, 4) is 0 Å². The zero-order valence-electron chi connectivity index (χ0n) is 12.5. The molecule has 0 radical (unpaired) electrons. The molecule has 110 valence electrons. The lowest BCUT2D eigenvalue weighted by Gasteiger charge is -2.06. The number of hydrogen-bond acceptors (Lipinski definition) is 5.